The van der Waals surface area contributed by atoms with Crippen LogP contribution in [0.3, 0.4) is 0 Å². The fourth-order valence-corrected chi connectivity index (χ4v) is 4.10. The van der Waals surface area contributed by atoms with Crippen LogP contribution in [0.2, 0.25) is 0 Å². The van der Waals surface area contributed by atoms with Crippen LogP contribution in [0, 0.1) is 17.8 Å². The molecule has 3 atom stereocenters. The van der Waals surface area contributed by atoms with Gasteiger partial charge in [-0.15, -0.1) is 0 Å². The van der Waals surface area contributed by atoms with E-state index in [9.17, 15) is 14.7 Å². The Hall–Kier alpha value is -2.08. The minimum Gasteiger partial charge on any atom is -0.484 e. The smallest absolute Gasteiger partial charge is 0.255 e. The Kier molecular flexibility index (Phi) is 7.25. The number of primary amides is 1. The van der Waals surface area contributed by atoms with Crippen molar-refractivity contribution in [1.29, 1.82) is 0 Å². The van der Waals surface area contributed by atoms with Crippen LogP contribution in [-0.2, 0) is 16.0 Å². The van der Waals surface area contributed by atoms with Crippen LogP contribution in [0.15, 0.2) is 24.3 Å². The van der Waals surface area contributed by atoms with Gasteiger partial charge in [-0.3, -0.25) is 9.59 Å². The van der Waals surface area contributed by atoms with Crippen molar-refractivity contribution in [2.75, 3.05) is 13.2 Å². The second-order valence-electron chi connectivity index (χ2n) is 8.03. The molecule has 0 aliphatic heterocycles. The highest BCUT2D eigenvalue weighted by atomic mass is 16.5. The molecule has 27 heavy (non-hydrogen) atoms. The minimum absolute atomic E-state index is 0.0279. The topological polar surface area (TPSA) is 102 Å². The summed E-state index contributed by atoms with van der Waals surface area (Å²) in [5.74, 6) is 0.306. The van der Waals surface area contributed by atoms with Crippen molar-refractivity contribution in [1.82, 2.24) is 5.32 Å². The first-order valence-corrected chi connectivity index (χ1v) is 9.73. The standard InChI is InChI=1S/C21H32N2O4/c1-14(2)17-9-8-15(3)12-21(17,26)20(25)23-11-10-16-6-4-5-7-18(16)27-13-19(22)24/h4-7,14-15,17,26H,8-13H2,1-3H3,(H2,22,24)(H,23,25)/t15-,17+,21+/m1/s1. The number of para-hydroxylation sites is 1. The van der Waals surface area contributed by atoms with E-state index in [1.54, 1.807) is 6.07 Å². The molecule has 1 fully saturated rings. The first kappa shape index (κ1) is 21.2. The zero-order valence-electron chi connectivity index (χ0n) is 16.5. The molecule has 4 N–H and O–H groups in total. The first-order valence-electron chi connectivity index (χ1n) is 9.73. The number of hydrogen-bond donors (Lipinski definition) is 3. The maximum absolute atomic E-state index is 12.8. The summed E-state index contributed by atoms with van der Waals surface area (Å²) in [5.41, 5.74) is 4.69. The van der Waals surface area contributed by atoms with Gasteiger partial charge in [0.05, 0.1) is 0 Å². The van der Waals surface area contributed by atoms with Crippen LogP contribution in [-0.4, -0.2) is 35.7 Å². The van der Waals surface area contributed by atoms with Crippen molar-refractivity contribution in [3.8, 4) is 5.75 Å². The summed E-state index contributed by atoms with van der Waals surface area (Å²) >= 11 is 0. The third kappa shape index (κ3) is 5.45. The number of carbonyl (C=O) groups excluding carboxylic acids is 2. The largest absolute Gasteiger partial charge is 0.484 e. The van der Waals surface area contributed by atoms with Gasteiger partial charge < -0.3 is 20.9 Å². The zero-order valence-corrected chi connectivity index (χ0v) is 16.5. The molecule has 2 amide bonds. The van der Waals surface area contributed by atoms with Crippen LogP contribution >= 0.6 is 0 Å². The molecule has 1 aromatic carbocycles. The lowest BCUT2D eigenvalue weighted by Crippen LogP contribution is -2.56. The Morgan fingerprint density at radius 2 is 2.04 bits per heavy atom. The van der Waals surface area contributed by atoms with Gasteiger partial charge in [-0.2, -0.15) is 0 Å². The number of rotatable bonds is 8. The summed E-state index contributed by atoms with van der Waals surface area (Å²) < 4.78 is 5.42. The van der Waals surface area contributed by atoms with E-state index < -0.39 is 11.5 Å². The number of ether oxygens (including phenoxy) is 1. The van der Waals surface area contributed by atoms with E-state index in [4.69, 9.17) is 10.5 Å². The Morgan fingerprint density at radius 3 is 2.70 bits per heavy atom. The molecule has 1 aliphatic carbocycles. The maximum atomic E-state index is 12.8. The molecule has 0 unspecified atom stereocenters. The average molecular weight is 376 g/mol. The van der Waals surface area contributed by atoms with Gasteiger partial charge in [-0.05, 0) is 48.6 Å². The molecule has 2 rings (SSSR count). The zero-order chi connectivity index (χ0) is 20.0. The van der Waals surface area contributed by atoms with Crippen LogP contribution in [0.25, 0.3) is 0 Å². The summed E-state index contributed by atoms with van der Waals surface area (Å²) in [6, 6.07) is 7.35. The van der Waals surface area contributed by atoms with E-state index in [-0.39, 0.29) is 24.3 Å². The number of nitrogens with one attached hydrogen (secondary N) is 1. The monoisotopic (exact) mass is 376 g/mol. The number of benzene rings is 1. The highest BCUT2D eigenvalue weighted by molar-refractivity contribution is 5.85. The van der Waals surface area contributed by atoms with E-state index in [1.165, 1.54) is 0 Å². The van der Waals surface area contributed by atoms with Gasteiger partial charge in [0.1, 0.15) is 11.4 Å². The fraction of sp³-hybridized carbons (Fsp3) is 0.619. The fourth-order valence-electron chi connectivity index (χ4n) is 4.10. The minimum atomic E-state index is -1.31. The van der Waals surface area contributed by atoms with Crippen LogP contribution in [0.5, 0.6) is 5.75 Å². The summed E-state index contributed by atoms with van der Waals surface area (Å²) in [7, 11) is 0. The third-order valence-corrected chi connectivity index (χ3v) is 5.46. The van der Waals surface area contributed by atoms with Gasteiger partial charge in [-0.1, -0.05) is 45.4 Å². The molecule has 1 aromatic rings. The molecule has 0 saturated heterocycles. The summed E-state index contributed by atoms with van der Waals surface area (Å²) in [4.78, 5) is 23.7. The molecular weight excluding hydrogens is 344 g/mol. The summed E-state index contributed by atoms with van der Waals surface area (Å²) in [6.07, 6.45) is 2.95. The summed E-state index contributed by atoms with van der Waals surface area (Å²) in [6.45, 7) is 6.41. The van der Waals surface area contributed by atoms with Crippen molar-refractivity contribution in [2.24, 2.45) is 23.5 Å². The second kappa shape index (κ2) is 9.22. The van der Waals surface area contributed by atoms with E-state index in [0.717, 1.165) is 18.4 Å². The van der Waals surface area contributed by atoms with Crippen LogP contribution in [0.4, 0.5) is 0 Å². The van der Waals surface area contributed by atoms with Gasteiger partial charge in [-0.25, -0.2) is 0 Å². The lowest BCUT2D eigenvalue weighted by molar-refractivity contribution is -0.155. The second-order valence-corrected chi connectivity index (χ2v) is 8.03. The number of aliphatic hydroxyl groups is 1. The lowest BCUT2D eigenvalue weighted by atomic mass is 9.66. The SMILES string of the molecule is CC(C)[C@@H]1CC[C@@H](C)C[C@@]1(O)C(=O)NCCc1ccccc1OCC(N)=O. The van der Waals surface area contributed by atoms with Crippen molar-refractivity contribution < 1.29 is 19.4 Å². The molecule has 0 aromatic heterocycles. The van der Waals surface area contributed by atoms with Gasteiger partial charge >= 0.3 is 0 Å². The Labute approximate surface area is 161 Å². The van der Waals surface area contributed by atoms with Crippen molar-refractivity contribution >= 4 is 11.8 Å². The number of amides is 2. The molecule has 0 heterocycles. The predicted octanol–water partition coefficient (Wildman–Crippen LogP) is 2.03. The lowest BCUT2D eigenvalue weighted by Gasteiger charge is -2.43. The van der Waals surface area contributed by atoms with Gasteiger partial charge in [0.15, 0.2) is 6.61 Å². The van der Waals surface area contributed by atoms with E-state index in [0.29, 0.717) is 31.1 Å². The Morgan fingerprint density at radius 1 is 1.33 bits per heavy atom. The van der Waals surface area contributed by atoms with E-state index >= 15 is 0 Å². The highest BCUT2D eigenvalue weighted by Crippen LogP contribution is 2.41. The highest BCUT2D eigenvalue weighted by Gasteiger charge is 2.48. The normalized spacial score (nSPS) is 25.2. The Balaban J connectivity index is 1.98. The van der Waals surface area contributed by atoms with Crippen molar-refractivity contribution in [3.05, 3.63) is 29.8 Å². The molecule has 150 valence electrons. The predicted molar refractivity (Wildman–Crippen MR) is 104 cm³/mol. The van der Waals surface area contributed by atoms with Crippen LogP contribution in [0.1, 0.15) is 45.6 Å². The average Bonchev–Trinajstić information content (AvgIpc) is 2.60. The first-order chi connectivity index (χ1) is 12.7. The van der Waals surface area contributed by atoms with E-state index in [1.807, 2.05) is 18.2 Å². The molecule has 1 saturated carbocycles. The third-order valence-electron chi connectivity index (χ3n) is 5.46. The maximum Gasteiger partial charge on any atom is 0.255 e. The van der Waals surface area contributed by atoms with Gasteiger partial charge in [0, 0.05) is 6.54 Å². The molecular formula is C21H32N2O4. The quantitative estimate of drug-likeness (QED) is 0.646. The molecule has 6 nitrogen and oxygen atoms in total. The molecule has 1 aliphatic rings. The van der Waals surface area contributed by atoms with Crippen LogP contribution < -0.4 is 15.8 Å². The molecule has 0 radical (unpaired) electrons. The number of carbonyl (C=O) groups is 2. The van der Waals surface area contributed by atoms with Gasteiger partial charge in [0.25, 0.3) is 11.8 Å². The van der Waals surface area contributed by atoms with E-state index in [2.05, 4.69) is 26.1 Å². The number of nitrogens with two attached hydrogens (primary N) is 1. The number of hydrogen-bond acceptors (Lipinski definition) is 4. The van der Waals surface area contributed by atoms with Crippen molar-refractivity contribution in [2.45, 2.75) is 52.1 Å². The van der Waals surface area contributed by atoms with Gasteiger partial charge in [0.2, 0.25) is 0 Å². The Bertz CT molecular complexity index is 661. The molecule has 0 bridgehead atoms. The summed E-state index contributed by atoms with van der Waals surface area (Å²) in [5, 5.41) is 14.1. The molecule has 6 heteroatoms. The molecule has 0 spiro atoms. The van der Waals surface area contributed by atoms with Crippen molar-refractivity contribution in [3.63, 3.8) is 0 Å².